The first kappa shape index (κ1) is 19.2. The van der Waals surface area contributed by atoms with Gasteiger partial charge in [-0.15, -0.1) is 0 Å². The van der Waals surface area contributed by atoms with Gasteiger partial charge in [-0.05, 0) is 24.6 Å². The van der Waals surface area contributed by atoms with Crippen molar-refractivity contribution in [3.63, 3.8) is 0 Å². The van der Waals surface area contributed by atoms with Crippen molar-refractivity contribution in [1.29, 1.82) is 0 Å². The van der Waals surface area contributed by atoms with Crippen molar-refractivity contribution < 1.29 is 19.4 Å². The van der Waals surface area contributed by atoms with Gasteiger partial charge in [0.05, 0.1) is 38.3 Å². The summed E-state index contributed by atoms with van der Waals surface area (Å²) in [6.45, 7) is 2.58. The topological polar surface area (TPSA) is 138 Å². The van der Waals surface area contributed by atoms with E-state index in [0.717, 1.165) is 29.3 Å². The lowest BCUT2D eigenvalue weighted by Crippen LogP contribution is -2.12. The quantitative estimate of drug-likeness (QED) is 0.463. The molecule has 3 aromatic rings. The average molecular weight is 402 g/mol. The van der Waals surface area contributed by atoms with Crippen molar-refractivity contribution >= 4 is 44.0 Å². The van der Waals surface area contributed by atoms with Crippen LogP contribution in [0.15, 0.2) is 36.4 Å². The van der Waals surface area contributed by atoms with Gasteiger partial charge in [0.15, 0.2) is 5.13 Å². The second kappa shape index (κ2) is 7.96. The number of benzene rings is 2. The fraction of sp³-hybridized carbons (Fsp3) is 0.176. The summed E-state index contributed by atoms with van der Waals surface area (Å²) in [7, 11) is 0. The fourth-order valence-electron chi connectivity index (χ4n) is 2.37. The zero-order valence-corrected chi connectivity index (χ0v) is 15.4. The minimum absolute atomic E-state index is 0.202. The number of anilines is 1. The van der Waals surface area contributed by atoms with E-state index in [9.17, 15) is 25.0 Å². The molecule has 3 rings (SSSR count). The Morgan fingerprint density at radius 3 is 2.43 bits per heavy atom. The number of nitro groups is 2. The highest BCUT2D eigenvalue weighted by Gasteiger charge is 2.20. The van der Waals surface area contributed by atoms with Crippen LogP contribution in [0, 0.1) is 20.2 Å². The average Bonchev–Trinajstić information content (AvgIpc) is 3.07. The number of nitro benzene ring substituents is 2. The molecule has 0 spiro atoms. The molecule has 1 N–H and O–H groups in total. The summed E-state index contributed by atoms with van der Waals surface area (Å²) in [6, 6.07) is 8.08. The molecule has 0 aliphatic heterocycles. The first-order valence-electron chi connectivity index (χ1n) is 8.16. The van der Waals surface area contributed by atoms with Crippen LogP contribution in [0.4, 0.5) is 16.5 Å². The molecule has 0 aliphatic rings. The monoisotopic (exact) mass is 402 g/mol. The van der Waals surface area contributed by atoms with Crippen LogP contribution in [0.5, 0.6) is 5.75 Å². The van der Waals surface area contributed by atoms with Crippen LogP contribution in [0.1, 0.15) is 23.7 Å². The lowest BCUT2D eigenvalue weighted by molar-refractivity contribution is -0.394. The summed E-state index contributed by atoms with van der Waals surface area (Å²) < 4.78 is 6.34. The van der Waals surface area contributed by atoms with E-state index in [0.29, 0.717) is 17.9 Å². The minimum Gasteiger partial charge on any atom is -0.494 e. The summed E-state index contributed by atoms with van der Waals surface area (Å²) in [5.74, 6) is -0.0431. The second-order valence-electron chi connectivity index (χ2n) is 5.70. The maximum atomic E-state index is 12.4. The zero-order valence-electron chi connectivity index (χ0n) is 14.6. The van der Waals surface area contributed by atoms with Crippen molar-refractivity contribution in [2.45, 2.75) is 13.3 Å². The van der Waals surface area contributed by atoms with E-state index in [-0.39, 0.29) is 10.7 Å². The number of fused-ring (bicyclic) bond motifs is 1. The molecule has 1 amide bonds. The summed E-state index contributed by atoms with van der Waals surface area (Å²) in [5, 5.41) is 24.7. The van der Waals surface area contributed by atoms with Crippen molar-refractivity contribution in [2.24, 2.45) is 0 Å². The van der Waals surface area contributed by atoms with Gasteiger partial charge in [-0.1, -0.05) is 18.3 Å². The largest absolute Gasteiger partial charge is 0.494 e. The number of nitrogens with zero attached hydrogens (tertiary/aromatic N) is 3. The molecule has 28 heavy (non-hydrogen) atoms. The number of carbonyl (C=O) groups excluding carboxylic acids is 1. The molecule has 0 bridgehead atoms. The number of aromatic nitrogens is 1. The van der Waals surface area contributed by atoms with Crippen molar-refractivity contribution in [3.8, 4) is 5.75 Å². The van der Waals surface area contributed by atoms with E-state index in [1.165, 1.54) is 11.3 Å². The smallest absolute Gasteiger partial charge is 0.277 e. The van der Waals surface area contributed by atoms with Crippen molar-refractivity contribution in [3.05, 3.63) is 62.2 Å². The van der Waals surface area contributed by atoms with Gasteiger partial charge in [0.2, 0.25) is 0 Å². The molecule has 0 aliphatic carbocycles. The SMILES string of the molecule is CCCOc1ccc2nc(NC(=O)c3cc([N+](=O)[O-])cc([N+](=O)[O-])c3)sc2c1. The first-order chi connectivity index (χ1) is 13.4. The molecule has 144 valence electrons. The molecule has 0 saturated carbocycles. The van der Waals surface area contributed by atoms with Gasteiger partial charge in [0.1, 0.15) is 5.75 Å². The van der Waals surface area contributed by atoms with Gasteiger partial charge in [-0.3, -0.25) is 30.3 Å². The van der Waals surface area contributed by atoms with Crippen LogP contribution in [-0.4, -0.2) is 27.3 Å². The van der Waals surface area contributed by atoms with E-state index >= 15 is 0 Å². The van der Waals surface area contributed by atoms with E-state index in [2.05, 4.69) is 10.3 Å². The molecule has 1 aromatic heterocycles. The Labute approximate surface area is 162 Å². The molecule has 11 heteroatoms. The number of hydrogen-bond donors (Lipinski definition) is 1. The summed E-state index contributed by atoms with van der Waals surface area (Å²) in [5.41, 5.74) is -0.635. The normalized spacial score (nSPS) is 10.6. The van der Waals surface area contributed by atoms with Gasteiger partial charge in [0, 0.05) is 12.1 Å². The standard InChI is InChI=1S/C17H14N4O6S/c1-2-5-27-13-3-4-14-15(9-13)28-17(18-14)19-16(22)10-6-11(20(23)24)8-12(7-10)21(25)26/h3-4,6-9H,2,5H2,1H3,(H,18,19,22). The predicted octanol–water partition coefficient (Wildman–Crippen LogP) is 4.15. The number of non-ortho nitro benzene ring substituents is 2. The zero-order chi connectivity index (χ0) is 20.3. The van der Waals surface area contributed by atoms with Crippen LogP contribution < -0.4 is 10.1 Å². The fourth-order valence-corrected chi connectivity index (χ4v) is 3.26. The highest BCUT2D eigenvalue weighted by Crippen LogP contribution is 2.30. The summed E-state index contributed by atoms with van der Waals surface area (Å²) in [4.78, 5) is 37.1. The summed E-state index contributed by atoms with van der Waals surface area (Å²) >= 11 is 1.20. The van der Waals surface area contributed by atoms with Gasteiger partial charge < -0.3 is 4.74 Å². The second-order valence-corrected chi connectivity index (χ2v) is 6.73. The van der Waals surface area contributed by atoms with Crippen molar-refractivity contribution in [1.82, 2.24) is 4.98 Å². The highest BCUT2D eigenvalue weighted by atomic mass is 32.1. The Balaban J connectivity index is 1.86. The molecule has 0 atom stereocenters. The van der Waals surface area contributed by atoms with Crippen LogP contribution in [-0.2, 0) is 0 Å². The third-order valence-electron chi connectivity index (χ3n) is 3.64. The van der Waals surface area contributed by atoms with Crippen LogP contribution in [0.3, 0.4) is 0 Å². The number of thiazole rings is 1. The molecule has 10 nitrogen and oxygen atoms in total. The number of rotatable bonds is 7. The number of carbonyl (C=O) groups is 1. The van der Waals surface area contributed by atoms with E-state index < -0.39 is 27.1 Å². The Hall–Kier alpha value is -3.60. The van der Waals surface area contributed by atoms with E-state index in [1.54, 1.807) is 18.2 Å². The first-order valence-corrected chi connectivity index (χ1v) is 8.97. The van der Waals surface area contributed by atoms with Gasteiger partial charge in [-0.2, -0.15) is 0 Å². The lowest BCUT2D eigenvalue weighted by atomic mass is 10.1. The van der Waals surface area contributed by atoms with Crippen LogP contribution in [0.2, 0.25) is 0 Å². The Morgan fingerprint density at radius 2 is 1.82 bits per heavy atom. The molecule has 0 unspecified atom stereocenters. The Bertz CT molecular complexity index is 1050. The number of ether oxygens (including phenoxy) is 1. The highest BCUT2D eigenvalue weighted by molar-refractivity contribution is 7.22. The number of hydrogen-bond acceptors (Lipinski definition) is 8. The molecule has 0 fully saturated rings. The van der Waals surface area contributed by atoms with Gasteiger partial charge >= 0.3 is 0 Å². The lowest BCUT2D eigenvalue weighted by Gasteiger charge is -2.02. The predicted molar refractivity (Wildman–Crippen MR) is 103 cm³/mol. The third-order valence-corrected chi connectivity index (χ3v) is 4.57. The Morgan fingerprint density at radius 1 is 1.14 bits per heavy atom. The Kier molecular flexibility index (Phi) is 5.45. The van der Waals surface area contributed by atoms with Crippen LogP contribution in [0.25, 0.3) is 10.2 Å². The maximum Gasteiger partial charge on any atom is 0.277 e. The van der Waals surface area contributed by atoms with Crippen LogP contribution >= 0.6 is 11.3 Å². The van der Waals surface area contributed by atoms with Gasteiger partial charge in [-0.25, -0.2) is 4.98 Å². The number of amides is 1. The molecule has 2 aromatic carbocycles. The third kappa shape index (κ3) is 4.20. The van der Waals surface area contributed by atoms with Gasteiger partial charge in [0.25, 0.3) is 17.3 Å². The van der Waals surface area contributed by atoms with Crippen molar-refractivity contribution in [2.75, 3.05) is 11.9 Å². The van der Waals surface area contributed by atoms with E-state index in [4.69, 9.17) is 4.74 Å². The molecular weight excluding hydrogens is 388 g/mol. The minimum atomic E-state index is -0.792. The molecule has 0 saturated heterocycles. The molecular formula is C17H14N4O6S. The molecule has 0 radical (unpaired) electrons. The maximum absolute atomic E-state index is 12.4. The summed E-state index contributed by atoms with van der Waals surface area (Å²) in [6.07, 6.45) is 0.872. The number of nitrogens with one attached hydrogen (secondary N) is 1. The molecule has 1 heterocycles. The van der Waals surface area contributed by atoms with E-state index in [1.807, 2.05) is 6.92 Å².